The predicted octanol–water partition coefficient (Wildman–Crippen LogP) is -1.52. The minimum atomic E-state index is 0. The van der Waals surface area contributed by atoms with Crippen LogP contribution in [-0.4, -0.2) is 76.9 Å². The van der Waals surface area contributed by atoms with Gasteiger partial charge in [-0.3, -0.25) is 0 Å². The molecule has 4 heavy (non-hydrogen) atoms. The van der Waals surface area contributed by atoms with E-state index in [1.165, 1.54) is 0 Å². The average Bonchev–Trinajstić information content (AvgIpc) is 0. The van der Waals surface area contributed by atoms with E-state index >= 15 is 0 Å². The van der Waals surface area contributed by atoms with Gasteiger partial charge in [0.05, 0.1) is 0 Å². The predicted molar refractivity (Wildman–Crippen MR) is 23.0 cm³/mol. The third-order valence-electron chi connectivity index (χ3n) is 0. The fourth-order valence-corrected chi connectivity index (χ4v) is 0. The van der Waals surface area contributed by atoms with Gasteiger partial charge in [0.15, 0.2) is 0 Å². The molecule has 0 aromatic rings. The van der Waals surface area contributed by atoms with Crippen LogP contribution in [0.1, 0.15) is 0 Å². The maximum atomic E-state index is 0. The molecular formula is GeSbSiSn. The van der Waals surface area contributed by atoms with Crippen LogP contribution in [0, 0.1) is 0 Å². The Hall–Kier alpha value is 2.38. The van der Waals surface area contributed by atoms with E-state index in [0.29, 0.717) is 0 Å². The van der Waals surface area contributed by atoms with Crippen LogP contribution in [0.2, 0.25) is 0 Å². The molecule has 4 heteroatoms. The molecule has 0 aromatic heterocycles. The second-order valence-corrected chi connectivity index (χ2v) is 0. The van der Waals surface area contributed by atoms with Gasteiger partial charge in [0.25, 0.3) is 0 Å². The fourth-order valence-electron chi connectivity index (χ4n) is 0. The van der Waals surface area contributed by atoms with E-state index < -0.39 is 0 Å². The van der Waals surface area contributed by atoms with Gasteiger partial charge in [-0.15, -0.1) is 0 Å². The van der Waals surface area contributed by atoms with Gasteiger partial charge in [0.1, 0.15) is 0 Å². The minimum absolute atomic E-state index is 0. The van der Waals surface area contributed by atoms with Gasteiger partial charge in [0.2, 0.25) is 0 Å². The summed E-state index contributed by atoms with van der Waals surface area (Å²) >= 11 is 0. The van der Waals surface area contributed by atoms with Gasteiger partial charge in [-0.1, -0.05) is 0 Å². The van der Waals surface area contributed by atoms with Crippen molar-refractivity contribution in [3.05, 3.63) is 0 Å². The third-order valence-corrected chi connectivity index (χ3v) is 0. The van der Waals surface area contributed by atoms with Gasteiger partial charge in [-0.2, -0.15) is 0 Å². The summed E-state index contributed by atoms with van der Waals surface area (Å²) in [6.07, 6.45) is 0. The molecule has 0 heterocycles. The summed E-state index contributed by atoms with van der Waals surface area (Å²) in [6.45, 7) is 0. The van der Waals surface area contributed by atoms with Crippen molar-refractivity contribution in [1.29, 1.82) is 0 Å². The fraction of sp³-hybridized carbons (Fsp3) is 0. The first-order valence-corrected chi connectivity index (χ1v) is 0. The van der Waals surface area contributed by atoms with Gasteiger partial charge < -0.3 is 0 Å². The average molecular weight is 341 g/mol. The zero-order valence-electron chi connectivity index (χ0n) is 1.95. The molecule has 0 aliphatic heterocycles. The van der Waals surface area contributed by atoms with E-state index in [1.54, 1.807) is 0 Å². The van der Waals surface area contributed by atoms with E-state index in [-0.39, 0.29) is 76.9 Å². The van der Waals surface area contributed by atoms with Gasteiger partial charge >= 0.3 is 0 Å². The Morgan fingerprint density at radius 1 is 1.00 bits per heavy atom. The first-order chi connectivity index (χ1) is 0. The normalized spacial score (nSPS) is 0. The topological polar surface area (TPSA) is 0 Å². The van der Waals surface area contributed by atoms with E-state index in [1.807, 2.05) is 0 Å². The van der Waals surface area contributed by atoms with Crippen LogP contribution < -0.4 is 0 Å². The Morgan fingerprint density at radius 3 is 1.00 bits per heavy atom. The van der Waals surface area contributed by atoms with Crippen molar-refractivity contribution in [3.63, 3.8) is 0 Å². The molecule has 17 valence electrons. The molecule has 0 spiro atoms. The molecule has 0 rings (SSSR count). The SMILES string of the molecule is [Ge].[Sb].[Si].[Sn]. The second kappa shape index (κ2) is 18.2. The summed E-state index contributed by atoms with van der Waals surface area (Å²) in [5, 5.41) is 0. The van der Waals surface area contributed by atoms with Crippen LogP contribution in [0.5, 0.6) is 0 Å². The van der Waals surface area contributed by atoms with Crippen molar-refractivity contribution in [2.45, 2.75) is 0 Å². The van der Waals surface area contributed by atoms with Crippen molar-refractivity contribution in [1.82, 2.24) is 0 Å². The molecule has 0 fully saturated rings. The maximum absolute atomic E-state index is 0. The molecule has 0 nitrogen and oxygen atoms in total. The molecule has 0 N–H and O–H groups in total. The van der Waals surface area contributed by atoms with E-state index in [2.05, 4.69) is 0 Å². The van der Waals surface area contributed by atoms with Crippen LogP contribution in [0.25, 0.3) is 0 Å². The van der Waals surface area contributed by atoms with Crippen LogP contribution in [-0.2, 0) is 0 Å². The molecule has 0 unspecified atom stereocenters. The molecule has 0 bridgehead atoms. The first-order valence-electron chi connectivity index (χ1n) is 0. The van der Waals surface area contributed by atoms with Crippen LogP contribution in [0.3, 0.4) is 0 Å². The smallest absolute Gasteiger partial charge is 0 e. The summed E-state index contributed by atoms with van der Waals surface area (Å²) in [4.78, 5) is 0. The summed E-state index contributed by atoms with van der Waals surface area (Å²) < 4.78 is 0. The Balaban J connectivity index is 0. The Labute approximate surface area is 75.9 Å². The third kappa shape index (κ3) is 8.83. The van der Waals surface area contributed by atoms with Crippen molar-refractivity contribution in [3.8, 4) is 0 Å². The summed E-state index contributed by atoms with van der Waals surface area (Å²) in [6, 6.07) is 0. The molecular weight excluding hydrogens is 341 g/mol. The molecule has 0 saturated carbocycles. The Kier molecular flexibility index (Phi) is 149. The quantitative estimate of drug-likeness (QED) is 0.470. The van der Waals surface area contributed by atoms with E-state index in [4.69, 9.17) is 0 Å². The maximum Gasteiger partial charge on any atom is 0 e. The van der Waals surface area contributed by atoms with Crippen LogP contribution in [0.15, 0.2) is 0 Å². The van der Waals surface area contributed by atoms with Crippen LogP contribution >= 0.6 is 0 Å². The molecule has 0 amide bonds. The molecule has 0 saturated heterocycles. The van der Waals surface area contributed by atoms with E-state index in [0.717, 1.165) is 0 Å². The van der Waals surface area contributed by atoms with Gasteiger partial charge in [-0.05, 0) is 0 Å². The number of hydrogen-bond donors (Lipinski definition) is 0. The number of hydrogen-bond acceptors (Lipinski definition) is 0. The standard InChI is InChI=1S/Ge.Sb.Si.Sn. The summed E-state index contributed by atoms with van der Waals surface area (Å²) in [5.41, 5.74) is 0. The molecule has 0 atom stereocenters. The molecule has 0 aliphatic carbocycles. The number of rotatable bonds is 0. The second-order valence-electron chi connectivity index (χ2n) is 0. The van der Waals surface area contributed by atoms with E-state index in [9.17, 15) is 0 Å². The van der Waals surface area contributed by atoms with Gasteiger partial charge in [0, 0.05) is 76.9 Å². The van der Waals surface area contributed by atoms with Gasteiger partial charge in [-0.25, -0.2) is 0 Å². The summed E-state index contributed by atoms with van der Waals surface area (Å²) in [5.74, 6) is 0. The summed E-state index contributed by atoms with van der Waals surface area (Å²) in [7, 11) is 0. The molecule has 0 aliphatic rings. The monoisotopic (exact) mass is 343 g/mol. The van der Waals surface area contributed by atoms with Crippen LogP contribution in [0.4, 0.5) is 0 Å². The molecule has 15 radical (unpaired) electrons. The first kappa shape index (κ1) is 32.6. The van der Waals surface area contributed by atoms with Crippen molar-refractivity contribution in [2.75, 3.05) is 0 Å². The van der Waals surface area contributed by atoms with Crippen molar-refractivity contribution >= 4 is 76.9 Å². The molecule has 0 aromatic carbocycles. The minimum Gasteiger partial charge on any atom is 0 e. The largest absolute Gasteiger partial charge is 0 e. The zero-order valence-corrected chi connectivity index (χ0v) is 10.5. The van der Waals surface area contributed by atoms with Crippen molar-refractivity contribution in [2.24, 2.45) is 0 Å². The Bertz CT molecular complexity index is 8.00. The zero-order chi connectivity index (χ0) is 0. The van der Waals surface area contributed by atoms with Crippen molar-refractivity contribution < 1.29 is 0 Å². The Morgan fingerprint density at radius 2 is 1.00 bits per heavy atom.